The predicted octanol–water partition coefficient (Wildman–Crippen LogP) is 0.215. The first kappa shape index (κ1) is 10.5. The smallest absolute Gasteiger partial charge is 0.337 e. The SMILES string of the molecule is COC(=O)[C@@H](O)C1(O)CCCCC1. The van der Waals surface area contributed by atoms with Gasteiger partial charge in [-0.15, -0.1) is 0 Å². The fourth-order valence-corrected chi connectivity index (χ4v) is 1.77. The second kappa shape index (κ2) is 4.07. The van der Waals surface area contributed by atoms with E-state index in [0.29, 0.717) is 12.8 Å². The van der Waals surface area contributed by atoms with Gasteiger partial charge < -0.3 is 14.9 Å². The number of esters is 1. The van der Waals surface area contributed by atoms with E-state index in [1.807, 2.05) is 0 Å². The van der Waals surface area contributed by atoms with E-state index < -0.39 is 17.7 Å². The van der Waals surface area contributed by atoms with Gasteiger partial charge in [-0.3, -0.25) is 0 Å². The molecule has 1 aliphatic carbocycles. The number of rotatable bonds is 2. The summed E-state index contributed by atoms with van der Waals surface area (Å²) in [6.07, 6.45) is 2.32. The Morgan fingerprint density at radius 1 is 1.38 bits per heavy atom. The average Bonchev–Trinajstić information content (AvgIpc) is 2.16. The van der Waals surface area contributed by atoms with Crippen LogP contribution in [0.5, 0.6) is 0 Å². The molecular weight excluding hydrogens is 172 g/mol. The van der Waals surface area contributed by atoms with E-state index in [9.17, 15) is 15.0 Å². The summed E-state index contributed by atoms with van der Waals surface area (Å²) in [6, 6.07) is 0. The van der Waals surface area contributed by atoms with E-state index >= 15 is 0 Å². The molecule has 4 heteroatoms. The topological polar surface area (TPSA) is 66.8 Å². The Balaban J connectivity index is 2.61. The Labute approximate surface area is 77.5 Å². The molecule has 76 valence electrons. The minimum absolute atomic E-state index is 0.475. The van der Waals surface area contributed by atoms with E-state index in [1.165, 1.54) is 7.11 Å². The van der Waals surface area contributed by atoms with Crippen LogP contribution in [0.1, 0.15) is 32.1 Å². The molecule has 0 radical (unpaired) electrons. The van der Waals surface area contributed by atoms with Crippen molar-refractivity contribution < 1.29 is 19.7 Å². The summed E-state index contributed by atoms with van der Waals surface area (Å²) < 4.78 is 4.38. The van der Waals surface area contributed by atoms with Crippen LogP contribution in [0.3, 0.4) is 0 Å². The van der Waals surface area contributed by atoms with E-state index in [-0.39, 0.29) is 0 Å². The summed E-state index contributed by atoms with van der Waals surface area (Å²) in [6.45, 7) is 0. The molecule has 0 spiro atoms. The van der Waals surface area contributed by atoms with Crippen LogP contribution >= 0.6 is 0 Å². The molecule has 0 heterocycles. The molecule has 0 bridgehead atoms. The van der Waals surface area contributed by atoms with Crippen molar-refractivity contribution in [1.29, 1.82) is 0 Å². The molecule has 1 fully saturated rings. The number of aliphatic hydroxyl groups is 2. The van der Waals surface area contributed by atoms with Gasteiger partial charge in [-0.05, 0) is 12.8 Å². The molecular formula is C9H16O4. The van der Waals surface area contributed by atoms with Crippen LogP contribution in [0.4, 0.5) is 0 Å². The van der Waals surface area contributed by atoms with Gasteiger partial charge in [-0.25, -0.2) is 4.79 Å². The van der Waals surface area contributed by atoms with Gasteiger partial charge in [0.15, 0.2) is 6.10 Å². The Morgan fingerprint density at radius 2 is 1.92 bits per heavy atom. The number of methoxy groups -OCH3 is 1. The quantitative estimate of drug-likeness (QED) is 0.608. The third-order valence-corrected chi connectivity index (χ3v) is 2.65. The van der Waals surface area contributed by atoms with Crippen LogP contribution in [0, 0.1) is 0 Å². The number of carbonyl (C=O) groups excluding carboxylic acids is 1. The van der Waals surface area contributed by atoms with Crippen molar-refractivity contribution in [2.75, 3.05) is 7.11 Å². The van der Waals surface area contributed by atoms with E-state index in [4.69, 9.17) is 0 Å². The zero-order chi connectivity index (χ0) is 9.90. The van der Waals surface area contributed by atoms with Crippen molar-refractivity contribution in [2.24, 2.45) is 0 Å². The van der Waals surface area contributed by atoms with Crippen molar-refractivity contribution in [1.82, 2.24) is 0 Å². The standard InChI is InChI=1S/C9H16O4/c1-13-8(11)7(10)9(12)5-3-2-4-6-9/h7,10,12H,2-6H2,1H3/t7-/m1/s1. The summed E-state index contributed by atoms with van der Waals surface area (Å²) in [5.74, 6) is -0.746. The first-order chi connectivity index (χ1) is 6.10. The minimum atomic E-state index is -1.39. The van der Waals surface area contributed by atoms with E-state index in [1.54, 1.807) is 0 Å². The van der Waals surface area contributed by atoms with Crippen molar-refractivity contribution in [3.63, 3.8) is 0 Å². The number of hydrogen-bond donors (Lipinski definition) is 2. The minimum Gasteiger partial charge on any atom is -0.467 e. The van der Waals surface area contributed by atoms with Crippen LogP contribution in [-0.2, 0) is 9.53 Å². The van der Waals surface area contributed by atoms with Crippen molar-refractivity contribution in [2.45, 2.75) is 43.8 Å². The summed E-state index contributed by atoms with van der Waals surface area (Å²) in [4.78, 5) is 11.0. The van der Waals surface area contributed by atoms with Gasteiger partial charge in [0.2, 0.25) is 0 Å². The first-order valence-corrected chi connectivity index (χ1v) is 4.58. The molecule has 2 N–H and O–H groups in total. The lowest BCUT2D eigenvalue weighted by Gasteiger charge is -2.34. The third kappa shape index (κ3) is 2.19. The van der Waals surface area contributed by atoms with Crippen LogP contribution < -0.4 is 0 Å². The monoisotopic (exact) mass is 188 g/mol. The highest BCUT2D eigenvalue weighted by molar-refractivity contribution is 5.75. The molecule has 0 saturated heterocycles. The second-order valence-electron chi connectivity index (χ2n) is 3.59. The van der Waals surface area contributed by atoms with Crippen LogP contribution in [0.25, 0.3) is 0 Å². The maximum absolute atomic E-state index is 11.0. The summed E-state index contributed by atoms with van der Waals surface area (Å²) >= 11 is 0. The molecule has 1 saturated carbocycles. The van der Waals surface area contributed by atoms with Crippen LogP contribution in [0.2, 0.25) is 0 Å². The molecule has 1 atom stereocenters. The number of ether oxygens (including phenoxy) is 1. The predicted molar refractivity (Wildman–Crippen MR) is 46.1 cm³/mol. The summed E-state index contributed by atoms with van der Waals surface area (Å²) in [5.41, 5.74) is -1.26. The van der Waals surface area contributed by atoms with Gasteiger partial charge in [-0.2, -0.15) is 0 Å². The fraction of sp³-hybridized carbons (Fsp3) is 0.889. The molecule has 1 rings (SSSR count). The second-order valence-corrected chi connectivity index (χ2v) is 3.59. The van der Waals surface area contributed by atoms with Crippen molar-refractivity contribution >= 4 is 5.97 Å². The zero-order valence-corrected chi connectivity index (χ0v) is 7.82. The van der Waals surface area contributed by atoms with Gasteiger partial charge in [0, 0.05) is 0 Å². The molecule has 0 aromatic carbocycles. The summed E-state index contributed by atoms with van der Waals surface area (Å²) in [7, 11) is 1.21. The normalized spacial score (nSPS) is 23.6. The van der Waals surface area contributed by atoms with Gasteiger partial charge in [0.05, 0.1) is 7.11 Å². The molecule has 0 aromatic rings. The third-order valence-electron chi connectivity index (χ3n) is 2.65. The first-order valence-electron chi connectivity index (χ1n) is 4.58. The molecule has 4 nitrogen and oxygen atoms in total. The van der Waals surface area contributed by atoms with Crippen molar-refractivity contribution in [3.8, 4) is 0 Å². The molecule has 13 heavy (non-hydrogen) atoms. The Kier molecular flexibility index (Phi) is 3.27. The Hall–Kier alpha value is -0.610. The number of carbonyl (C=O) groups is 1. The molecule has 0 unspecified atom stereocenters. The number of aliphatic hydroxyl groups excluding tert-OH is 1. The molecule has 0 aliphatic heterocycles. The lowest BCUT2D eigenvalue weighted by Crippen LogP contribution is -2.48. The lowest BCUT2D eigenvalue weighted by atomic mass is 9.81. The fourth-order valence-electron chi connectivity index (χ4n) is 1.77. The average molecular weight is 188 g/mol. The molecule has 0 aromatic heterocycles. The summed E-state index contributed by atoms with van der Waals surface area (Å²) in [5, 5.41) is 19.4. The Morgan fingerprint density at radius 3 is 2.38 bits per heavy atom. The van der Waals surface area contributed by atoms with Crippen molar-refractivity contribution in [3.05, 3.63) is 0 Å². The van der Waals surface area contributed by atoms with Crippen LogP contribution in [-0.4, -0.2) is 35.0 Å². The van der Waals surface area contributed by atoms with E-state index in [0.717, 1.165) is 19.3 Å². The largest absolute Gasteiger partial charge is 0.467 e. The van der Waals surface area contributed by atoms with Gasteiger partial charge in [0.1, 0.15) is 5.60 Å². The highest BCUT2D eigenvalue weighted by atomic mass is 16.5. The highest BCUT2D eigenvalue weighted by Gasteiger charge is 2.41. The zero-order valence-electron chi connectivity index (χ0n) is 7.82. The van der Waals surface area contributed by atoms with Crippen LogP contribution in [0.15, 0.2) is 0 Å². The van der Waals surface area contributed by atoms with E-state index in [2.05, 4.69) is 4.74 Å². The van der Waals surface area contributed by atoms with Gasteiger partial charge >= 0.3 is 5.97 Å². The molecule has 1 aliphatic rings. The molecule has 0 amide bonds. The Bertz CT molecular complexity index is 184. The highest BCUT2D eigenvalue weighted by Crippen LogP contribution is 2.31. The van der Waals surface area contributed by atoms with Gasteiger partial charge in [0.25, 0.3) is 0 Å². The lowest BCUT2D eigenvalue weighted by molar-refractivity contribution is -0.170. The maximum atomic E-state index is 11.0. The number of hydrogen-bond acceptors (Lipinski definition) is 4. The maximum Gasteiger partial charge on any atom is 0.337 e. The van der Waals surface area contributed by atoms with Gasteiger partial charge in [-0.1, -0.05) is 19.3 Å².